The van der Waals surface area contributed by atoms with E-state index in [0.29, 0.717) is 11.1 Å². The van der Waals surface area contributed by atoms with Crippen LogP contribution in [0.3, 0.4) is 0 Å². The number of carbonyl (C=O) groups is 1. The molecule has 0 bridgehead atoms. The lowest BCUT2D eigenvalue weighted by Gasteiger charge is -2.13. The molecular formula is C17H17NO4. The number of non-ortho nitro benzene ring substituents is 1. The quantitative estimate of drug-likeness (QED) is 0.653. The molecule has 0 saturated carbocycles. The van der Waals surface area contributed by atoms with Crippen molar-refractivity contribution in [3.05, 3.63) is 75.3 Å². The van der Waals surface area contributed by atoms with E-state index in [2.05, 4.69) is 0 Å². The van der Waals surface area contributed by atoms with Crippen LogP contribution in [0.5, 0.6) is 0 Å². The Morgan fingerprint density at radius 3 is 2.41 bits per heavy atom. The third kappa shape index (κ3) is 3.69. The van der Waals surface area contributed by atoms with Crippen molar-refractivity contribution in [2.24, 2.45) is 0 Å². The van der Waals surface area contributed by atoms with E-state index in [9.17, 15) is 20.0 Å². The number of hydrogen-bond acceptors (Lipinski definition) is 3. The van der Waals surface area contributed by atoms with Gasteiger partial charge in [-0.2, -0.15) is 0 Å². The average Bonchev–Trinajstić information content (AvgIpc) is 2.53. The van der Waals surface area contributed by atoms with Crippen molar-refractivity contribution in [3.63, 3.8) is 0 Å². The number of carboxylic acid groups (broad SMARTS) is 1. The molecule has 0 fully saturated rings. The van der Waals surface area contributed by atoms with Crippen LogP contribution in [0.4, 0.5) is 5.69 Å². The Balaban J connectivity index is 2.27. The number of carboxylic acids is 1. The summed E-state index contributed by atoms with van der Waals surface area (Å²) in [5, 5.41) is 20.3. The van der Waals surface area contributed by atoms with Crippen molar-refractivity contribution < 1.29 is 14.8 Å². The number of nitro groups is 1. The van der Waals surface area contributed by atoms with E-state index >= 15 is 0 Å². The molecule has 0 aliphatic carbocycles. The predicted octanol–water partition coefficient (Wildman–Crippen LogP) is 3.57. The number of hydrogen-bond donors (Lipinski definition) is 1. The van der Waals surface area contributed by atoms with E-state index in [1.807, 2.05) is 31.2 Å². The highest BCUT2D eigenvalue weighted by atomic mass is 16.6. The molecule has 5 nitrogen and oxygen atoms in total. The van der Waals surface area contributed by atoms with E-state index in [-0.39, 0.29) is 12.1 Å². The molecule has 2 rings (SSSR count). The minimum atomic E-state index is -0.934. The first-order chi connectivity index (χ1) is 10.5. The fourth-order valence-electron chi connectivity index (χ4n) is 2.37. The van der Waals surface area contributed by atoms with Crippen LogP contribution in [0.15, 0.2) is 48.5 Å². The first-order valence-corrected chi connectivity index (χ1v) is 7.06. The smallest absolute Gasteiger partial charge is 0.311 e. The van der Waals surface area contributed by atoms with Gasteiger partial charge in [-0.25, -0.2) is 0 Å². The van der Waals surface area contributed by atoms with E-state index in [1.165, 1.54) is 12.1 Å². The van der Waals surface area contributed by atoms with Crippen molar-refractivity contribution in [2.75, 3.05) is 0 Å². The summed E-state index contributed by atoms with van der Waals surface area (Å²) in [5.74, 6) is -1.65. The summed E-state index contributed by atoms with van der Waals surface area (Å²) in [4.78, 5) is 21.9. The zero-order valence-electron chi connectivity index (χ0n) is 12.2. The molecule has 0 heterocycles. The number of aryl methyl sites for hydroxylation is 1. The highest BCUT2D eigenvalue weighted by Crippen LogP contribution is 2.24. The Morgan fingerprint density at radius 1 is 1.18 bits per heavy atom. The summed E-state index contributed by atoms with van der Waals surface area (Å²) in [6, 6.07) is 13.6. The van der Waals surface area contributed by atoms with Crippen LogP contribution in [0.2, 0.25) is 0 Å². The van der Waals surface area contributed by atoms with Gasteiger partial charge in [0.2, 0.25) is 0 Å². The molecule has 0 radical (unpaired) electrons. The fourth-order valence-corrected chi connectivity index (χ4v) is 2.37. The topological polar surface area (TPSA) is 80.4 Å². The molecule has 2 aromatic rings. The maximum atomic E-state index is 11.5. The second-order valence-corrected chi connectivity index (χ2v) is 5.12. The normalized spacial score (nSPS) is 11.9. The fraction of sp³-hybridized carbons (Fsp3) is 0.235. The van der Waals surface area contributed by atoms with Crippen molar-refractivity contribution in [2.45, 2.75) is 25.7 Å². The third-order valence-electron chi connectivity index (χ3n) is 3.65. The van der Waals surface area contributed by atoms with Gasteiger partial charge in [0.05, 0.1) is 10.8 Å². The van der Waals surface area contributed by atoms with E-state index in [0.717, 1.165) is 12.0 Å². The predicted molar refractivity (Wildman–Crippen MR) is 83.0 cm³/mol. The Hall–Kier alpha value is -2.69. The molecule has 114 valence electrons. The number of benzene rings is 2. The highest BCUT2D eigenvalue weighted by molar-refractivity contribution is 5.76. The van der Waals surface area contributed by atoms with Crippen molar-refractivity contribution in [1.82, 2.24) is 0 Å². The molecule has 0 saturated heterocycles. The van der Waals surface area contributed by atoms with Crippen LogP contribution in [-0.2, 0) is 17.6 Å². The van der Waals surface area contributed by atoms with Gasteiger partial charge in [0.1, 0.15) is 0 Å². The second kappa shape index (κ2) is 6.85. The van der Waals surface area contributed by atoms with Gasteiger partial charge in [0.15, 0.2) is 0 Å². The highest BCUT2D eigenvalue weighted by Gasteiger charge is 2.21. The summed E-state index contributed by atoms with van der Waals surface area (Å²) in [6.07, 6.45) is 1.12. The largest absolute Gasteiger partial charge is 0.481 e. The summed E-state index contributed by atoms with van der Waals surface area (Å²) < 4.78 is 0. The van der Waals surface area contributed by atoms with E-state index in [4.69, 9.17) is 0 Å². The maximum Gasteiger partial charge on any atom is 0.311 e. The molecule has 0 aliphatic rings. The van der Waals surface area contributed by atoms with Crippen LogP contribution in [0, 0.1) is 10.1 Å². The van der Waals surface area contributed by atoms with Crippen LogP contribution >= 0.6 is 0 Å². The Kier molecular flexibility index (Phi) is 4.88. The number of nitro benzene ring substituents is 1. The van der Waals surface area contributed by atoms with Crippen LogP contribution in [0.25, 0.3) is 0 Å². The lowest BCUT2D eigenvalue weighted by atomic mass is 9.91. The molecule has 0 amide bonds. The standard InChI is InChI=1S/C17H17NO4/c1-2-12-6-8-14(9-7-12)16(17(19)20)11-13-4-3-5-15(10-13)18(21)22/h3-10,16H,2,11H2,1H3,(H,19,20). The van der Waals surface area contributed by atoms with Gasteiger partial charge < -0.3 is 5.11 Å². The SMILES string of the molecule is CCc1ccc(C(Cc2cccc([N+](=O)[O-])c2)C(=O)O)cc1. The van der Waals surface area contributed by atoms with Crippen molar-refractivity contribution in [3.8, 4) is 0 Å². The van der Waals surface area contributed by atoms with Crippen molar-refractivity contribution in [1.29, 1.82) is 0 Å². The maximum absolute atomic E-state index is 11.5. The third-order valence-corrected chi connectivity index (χ3v) is 3.65. The molecule has 5 heteroatoms. The van der Waals surface area contributed by atoms with E-state index in [1.54, 1.807) is 12.1 Å². The summed E-state index contributed by atoms with van der Waals surface area (Å²) >= 11 is 0. The molecule has 22 heavy (non-hydrogen) atoms. The Bertz CT molecular complexity index is 679. The minimum absolute atomic E-state index is 0.0250. The van der Waals surface area contributed by atoms with Gasteiger partial charge >= 0.3 is 5.97 Å². The van der Waals surface area contributed by atoms with Gasteiger partial charge in [-0.3, -0.25) is 14.9 Å². The number of nitrogens with zero attached hydrogens (tertiary/aromatic N) is 1. The van der Waals surface area contributed by atoms with E-state index < -0.39 is 16.8 Å². The zero-order chi connectivity index (χ0) is 16.1. The molecule has 2 aromatic carbocycles. The second-order valence-electron chi connectivity index (χ2n) is 5.12. The first-order valence-electron chi connectivity index (χ1n) is 7.06. The van der Waals surface area contributed by atoms with Gasteiger partial charge in [0.25, 0.3) is 5.69 Å². The van der Waals surface area contributed by atoms with Gasteiger partial charge in [-0.1, -0.05) is 43.3 Å². The van der Waals surface area contributed by atoms with Gasteiger partial charge in [-0.15, -0.1) is 0 Å². The first kappa shape index (κ1) is 15.7. The number of rotatable bonds is 6. The summed E-state index contributed by atoms with van der Waals surface area (Å²) in [7, 11) is 0. The molecule has 0 aromatic heterocycles. The summed E-state index contributed by atoms with van der Waals surface area (Å²) in [6.45, 7) is 2.03. The van der Waals surface area contributed by atoms with Crippen LogP contribution in [-0.4, -0.2) is 16.0 Å². The zero-order valence-corrected chi connectivity index (χ0v) is 12.2. The molecule has 0 aliphatic heterocycles. The monoisotopic (exact) mass is 299 g/mol. The average molecular weight is 299 g/mol. The van der Waals surface area contributed by atoms with Gasteiger partial charge in [-0.05, 0) is 29.5 Å². The van der Waals surface area contributed by atoms with Crippen molar-refractivity contribution >= 4 is 11.7 Å². The lowest BCUT2D eigenvalue weighted by molar-refractivity contribution is -0.384. The molecule has 1 atom stereocenters. The summed E-state index contributed by atoms with van der Waals surface area (Å²) in [5.41, 5.74) is 2.46. The molecule has 1 unspecified atom stereocenters. The molecule has 1 N–H and O–H groups in total. The van der Waals surface area contributed by atoms with Gasteiger partial charge in [0, 0.05) is 12.1 Å². The minimum Gasteiger partial charge on any atom is -0.481 e. The molecule has 0 spiro atoms. The van der Waals surface area contributed by atoms with Crippen LogP contribution in [0.1, 0.15) is 29.5 Å². The number of aliphatic carboxylic acids is 1. The van der Waals surface area contributed by atoms with Crippen LogP contribution < -0.4 is 0 Å². The molecular weight excluding hydrogens is 282 g/mol. The Labute approximate surface area is 128 Å². The Morgan fingerprint density at radius 2 is 1.86 bits per heavy atom. The lowest BCUT2D eigenvalue weighted by Crippen LogP contribution is -2.14.